The molecule has 1 aromatic heterocycles. The van der Waals surface area contributed by atoms with Crippen LogP contribution >= 0.6 is 0 Å². The molecule has 2 aromatic carbocycles. The van der Waals surface area contributed by atoms with Crippen LogP contribution < -0.4 is 0 Å². The molecule has 5 heteroatoms. The summed E-state index contributed by atoms with van der Waals surface area (Å²) in [5, 5.41) is 0. The molecule has 1 fully saturated rings. The summed E-state index contributed by atoms with van der Waals surface area (Å²) in [6, 6.07) is 14.3. The molecule has 1 aliphatic rings. The number of morpholine rings is 1. The Morgan fingerprint density at radius 2 is 1.58 bits per heavy atom. The summed E-state index contributed by atoms with van der Waals surface area (Å²) < 4.78 is 18.7. The quantitative estimate of drug-likeness (QED) is 0.741. The molecular weight excluding hydrogens is 305 g/mol. The van der Waals surface area contributed by atoms with Crippen LogP contribution in [0.4, 0.5) is 4.39 Å². The van der Waals surface area contributed by atoms with Crippen LogP contribution in [0.25, 0.3) is 22.3 Å². The van der Waals surface area contributed by atoms with Gasteiger partial charge < -0.3 is 4.74 Å². The molecule has 4 rings (SSSR count). The summed E-state index contributed by atoms with van der Waals surface area (Å²) >= 11 is 0. The van der Waals surface area contributed by atoms with Gasteiger partial charge in [-0.1, -0.05) is 12.1 Å². The van der Waals surface area contributed by atoms with E-state index in [2.05, 4.69) is 4.90 Å². The molecule has 0 radical (unpaired) electrons. The molecular formula is C19H18FN3O. The Bertz CT molecular complexity index is 845. The van der Waals surface area contributed by atoms with Gasteiger partial charge in [-0.3, -0.25) is 4.90 Å². The Balaban J connectivity index is 1.79. The van der Waals surface area contributed by atoms with Crippen molar-refractivity contribution in [3.63, 3.8) is 0 Å². The Morgan fingerprint density at radius 1 is 0.917 bits per heavy atom. The zero-order chi connectivity index (χ0) is 16.4. The summed E-state index contributed by atoms with van der Waals surface area (Å²) in [6.07, 6.45) is 0. The smallest absolute Gasteiger partial charge is 0.123 e. The molecule has 3 aromatic rings. The van der Waals surface area contributed by atoms with Gasteiger partial charge in [-0.15, -0.1) is 0 Å². The summed E-state index contributed by atoms with van der Waals surface area (Å²) in [7, 11) is 0. The van der Waals surface area contributed by atoms with Crippen LogP contribution in [-0.4, -0.2) is 41.2 Å². The molecule has 0 atom stereocenters. The van der Waals surface area contributed by atoms with Crippen molar-refractivity contribution in [1.82, 2.24) is 14.9 Å². The van der Waals surface area contributed by atoms with Crippen molar-refractivity contribution in [2.75, 3.05) is 26.3 Å². The van der Waals surface area contributed by atoms with Gasteiger partial charge in [-0.05, 0) is 36.4 Å². The van der Waals surface area contributed by atoms with Crippen LogP contribution in [0.15, 0.2) is 48.5 Å². The number of para-hydroxylation sites is 2. The van der Waals surface area contributed by atoms with E-state index in [1.54, 1.807) is 12.1 Å². The van der Waals surface area contributed by atoms with Crippen molar-refractivity contribution in [1.29, 1.82) is 0 Å². The average molecular weight is 323 g/mol. The lowest BCUT2D eigenvalue weighted by atomic mass is 10.1. The molecule has 4 nitrogen and oxygen atoms in total. The monoisotopic (exact) mass is 323 g/mol. The fourth-order valence-corrected chi connectivity index (χ4v) is 2.96. The van der Waals surface area contributed by atoms with E-state index in [0.717, 1.165) is 54.3 Å². The second-order valence-electron chi connectivity index (χ2n) is 5.90. The number of fused-ring (bicyclic) bond motifs is 1. The van der Waals surface area contributed by atoms with Crippen molar-refractivity contribution < 1.29 is 9.13 Å². The van der Waals surface area contributed by atoms with Gasteiger partial charge in [-0.2, -0.15) is 0 Å². The molecule has 1 saturated heterocycles. The van der Waals surface area contributed by atoms with E-state index in [0.29, 0.717) is 6.54 Å². The number of nitrogens with zero attached hydrogens (tertiary/aromatic N) is 3. The van der Waals surface area contributed by atoms with Crippen LogP contribution in [0.5, 0.6) is 0 Å². The van der Waals surface area contributed by atoms with Crippen LogP contribution in [-0.2, 0) is 11.3 Å². The van der Waals surface area contributed by atoms with E-state index >= 15 is 0 Å². The fraction of sp³-hybridized carbons (Fsp3) is 0.263. The third-order valence-corrected chi connectivity index (χ3v) is 4.24. The van der Waals surface area contributed by atoms with Crippen molar-refractivity contribution in [2.45, 2.75) is 6.54 Å². The first-order valence-electron chi connectivity index (χ1n) is 8.11. The standard InChI is InChI=1S/C19H18FN3O/c20-15-7-5-14(6-8-15)19-18(13-23-9-11-24-12-10-23)21-16-3-1-2-4-17(16)22-19/h1-8H,9-13H2. The zero-order valence-corrected chi connectivity index (χ0v) is 13.3. The van der Waals surface area contributed by atoms with E-state index in [1.807, 2.05) is 24.3 Å². The molecule has 0 spiro atoms. The van der Waals surface area contributed by atoms with Gasteiger partial charge >= 0.3 is 0 Å². The predicted molar refractivity (Wildman–Crippen MR) is 91.0 cm³/mol. The predicted octanol–water partition coefficient (Wildman–Crippen LogP) is 3.27. The number of halogens is 1. The minimum absolute atomic E-state index is 0.248. The number of aromatic nitrogens is 2. The van der Waals surface area contributed by atoms with E-state index < -0.39 is 0 Å². The molecule has 24 heavy (non-hydrogen) atoms. The topological polar surface area (TPSA) is 38.2 Å². The Morgan fingerprint density at radius 3 is 2.29 bits per heavy atom. The third-order valence-electron chi connectivity index (χ3n) is 4.24. The van der Waals surface area contributed by atoms with Crippen molar-refractivity contribution in [3.05, 3.63) is 60.0 Å². The fourth-order valence-electron chi connectivity index (χ4n) is 2.96. The van der Waals surface area contributed by atoms with Gasteiger partial charge in [0.05, 0.1) is 35.6 Å². The average Bonchev–Trinajstić information content (AvgIpc) is 2.63. The highest BCUT2D eigenvalue weighted by atomic mass is 19.1. The normalized spacial score (nSPS) is 15.7. The van der Waals surface area contributed by atoms with Gasteiger partial charge in [0.15, 0.2) is 0 Å². The van der Waals surface area contributed by atoms with Gasteiger partial charge in [-0.25, -0.2) is 14.4 Å². The largest absolute Gasteiger partial charge is 0.379 e. The highest BCUT2D eigenvalue weighted by Crippen LogP contribution is 2.25. The van der Waals surface area contributed by atoms with Gasteiger partial charge in [0.1, 0.15) is 5.82 Å². The van der Waals surface area contributed by atoms with Crippen LogP contribution in [0.2, 0.25) is 0 Å². The molecule has 0 unspecified atom stereocenters. The van der Waals surface area contributed by atoms with E-state index in [9.17, 15) is 4.39 Å². The maximum atomic E-state index is 13.3. The SMILES string of the molecule is Fc1ccc(-c2nc3ccccc3nc2CN2CCOCC2)cc1. The molecule has 0 saturated carbocycles. The number of hydrogen-bond acceptors (Lipinski definition) is 4. The van der Waals surface area contributed by atoms with Gasteiger partial charge in [0.2, 0.25) is 0 Å². The van der Waals surface area contributed by atoms with Crippen LogP contribution in [0.1, 0.15) is 5.69 Å². The highest BCUT2D eigenvalue weighted by molar-refractivity contribution is 5.78. The molecule has 122 valence electrons. The van der Waals surface area contributed by atoms with E-state index in [1.165, 1.54) is 12.1 Å². The maximum absolute atomic E-state index is 13.3. The highest BCUT2D eigenvalue weighted by Gasteiger charge is 2.17. The lowest BCUT2D eigenvalue weighted by Gasteiger charge is -2.26. The van der Waals surface area contributed by atoms with Crippen LogP contribution in [0.3, 0.4) is 0 Å². The van der Waals surface area contributed by atoms with Crippen molar-refractivity contribution in [2.24, 2.45) is 0 Å². The van der Waals surface area contributed by atoms with Gasteiger partial charge in [0, 0.05) is 25.2 Å². The Hall–Kier alpha value is -2.37. The van der Waals surface area contributed by atoms with E-state index in [-0.39, 0.29) is 5.82 Å². The molecule has 0 aliphatic carbocycles. The molecule has 0 bridgehead atoms. The number of hydrogen-bond donors (Lipinski definition) is 0. The maximum Gasteiger partial charge on any atom is 0.123 e. The summed E-state index contributed by atoms with van der Waals surface area (Å²) in [5.41, 5.74) is 4.36. The third kappa shape index (κ3) is 3.13. The van der Waals surface area contributed by atoms with E-state index in [4.69, 9.17) is 14.7 Å². The van der Waals surface area contributed by atoms with Gasteiger partial charge in [0.25, 0.3) is 0 Å². The second-order valence-corrected chi connectivity index (χ2v) is 5.90. The number of ether oxygens (including phenoxy) is 1. The lowest BCUT2D eigenvalue weighted by Crippen LogP contribution is -2.36. The Labute approximate surface area is 139 Å². The molecule has 0 amide bonds. The molecule has 0 N–H and O–H groups in total. The summed E-state index contributed by atoms with van der Waals surface area (Å²) in [4.78, 5) is 11.9. The van der Waals surface area contributed by atoms with Crippen LogP contribution in [0, 0.1) is 5.82 Å². The number of benzene rings is 2. The summed E-state index contributed by atoms with van der Waals surface area (Å²) in [6.45, 7) is 3.97. The van der Waals surface area contributed by atoms with Crippen molar-refractivity contribution >= 4 is 11.0 Å². The first-order valence-corrected chi connectivity index (χ1v) is 8.11. The molecule has 1 aliphatic heterocycles. The first-order chi connectivity index (χ1) is 11.8. The molecule has 2 heterocycles. The summed E-state index contributed by atoms with van der Waals surface area (Å²) in [5.74, 6) is -0.248. The number of rotatable bonds is 3. The Kier molecular flexibility index (Phi) is 4.19. The minimum atomic E-state index is -0.248. The minimum Gasteiger partial charge on any atom is -0.379 e. The first kappa shape index (κ1) is 15.2. The zero-order valence-electron chi connectivity index (χ0n) is 13.3. The second kappa shape index (κ2) is 6.63. The lowest BCUT2D eigenvalue weighted by molar-refractivity contribution is 0.0337. The van der Waals surface area contributed by atoms with Crippen molar-refractivity contribution in [3.8, 4) is 11.3 Å².